The zero-order valence-electron chi connectivity index (χ0n) is 9.18. The summed E-state index contributed by atoms with van der Waals surface area (Å²) in [4.78, 5) is 0. The van der Waals surface area contributed by atoms with Crippen molar-refractivity contribution in [1.82, 2.24) is 19.2 Å². The maximum Gasteiger partial charge on any atom is 0.279 e. The Balaban J connectivity index is 2.45. The monoisotopic (exact) mass is 247 g/mol. The molecule has 1 aromatic heterocycles. The van der Waals surface area contributed by atoms with Crippen LogP contribution in [0.2, 0.25) is 0 Å². The van der Waals surface area contributed by atoms with Gasteiger partial charge in [0.05, 0.1) is 6.20 Å². The molecular formula is C8H17N5O2S. The van der Waals surface area contributed by atoms with E-state index in [0.717, 1.165) is 5.56 Å². The van der Waals surface area contributed by atoms with Crippen LogP contribution in [0.25, 0.3) is 0 Å². The van der Waals surface area contributed by atoms with Crippen LogP contribution in [0.5, 0.6) is 0 Å². The lowest BCUT2D eigenvalue weighted by atomic mass is 10.4. The zero-order valence-corrected chi connectivity index (χ0v) is 10.00. The molecule has 16 heavy (non-hydrogen) atoms. The van der Waals surface area contributed by atoms with Gasteiger partial charge in [0.15, 0.2) is 0 Å². The van der Waals surface area contributed by atoms with Crippen molar-refractivity contribution in [3.05, 3.63) is 18.0 Å². The average Bonchev–Trinajstić information content (AvgIpc) is 2.76. The molecule has 1 heterocycles. The van der Waals surface area contributed by atoms with Crippen LogP contribution >= 0.6 is 0 Å². The Labute approximate surface area is 95.2 Å². The molecule has 0 aliphatic carbocycles. The van der Waals surface area contributed by atoms with Crippen LogP contribution in [0.3, 0.4) is 0 Å². The third-order valence-electron chi connectivity index (χ3n) is 2.10. The smallest absolute Gasteiger partial charge is 0.279 e. The molecule has 0 radical (unpaired) electrons. The molecule has 0 amide bonds. The number of aromatic amines is 1. The van der Waals surface area contributed by atoms with Gasteiger partial charge < -0.3 is 5.73 Å². The lowest BCUT2D eigenvalue weighted by Gasteiger charge is -2.16. The number of hydrogen-bond donors (Lipinski definition) is 3. The van der Waals surface area contributed by atoms with E-state index < -0.39 is 10.2 Å². The Kier molecular flexibility index (Phi) is 4.87. The summed E-state index contributed by atoms with van der Waals surface area (Å²) in [7, 11) is -1.90. The lowest BCUT2D eigenvalue weighted by molar-refractivity contribution is 0.452. The predicted octanol–water partition coefficient (Wildman–Crippen LogP) is -0.975. The minimum atomic E-state index is -3.42. The van der Waals surface area contributed by atoms with Gasteiger partial charge in [-0.1, -0.05) is 0 Å². The van der Waals surface area contributed by atoms with Crippen LogP contribution < -0.4 is 10.5 Å². The van der Waals surface area contributed by atoms with Crippen molar-refractivity contribution in [3.8, 4) is 0 Å². The minimum absolute atomic E-state index is 0.228. The van der Waals surface area contributed by atoms with Gasteiger partial charge in [0.1, 0.15) is 0 Å². The summed E-state index contributed by atoms with van der Waals surface area (Å²) >= 11 is 0. The Hall–Kier alpha value is -0.960. The fourth-order valence-electron chi connectivity index (χ4n) is 1.09. The fraction of sp³-hybridized carbons (Fsp3) is 0.625. The third kappa shape index (κ3) is 3.89. The molecule has 0 unspecified atom stereocenters. The highest BCUT2D eigenvalue weighted by molar-refractivity contribution is 7.87. The molecule has 0 atom stereocenters. The molecule has 7 nitrogen and oxygen atoms in total. The zero-order chi connectivity index (χ0) is 12.0. The van der Waals surface area contributed by atoms with E-state index >= 15 is 0 Å². The number of nitrogens with zero attached hydrogens (tertiary/aromatic N) is 2. The van der Waals surface area contributed by atoms with Crippen LogP contribution in [0, 0.1) is 0 Å². The normalized spacial score (nSPS) is 12.2. The molecular weight excluding hydrogens is 230 g/mol. The second kappa shape index (κ2) is 5.94. The van der Waals surface area contributed by atoms with Gasteiger partial charge in [0.2, 0.25) is 0 Å². The van der Waals surface area contributed by atoms with Crippen molar-refractivity contribution in [3.63, 3.8) is 0 Å². The summed E-state index contributed by atoms with van der Waals surface area (Å²) in [6.45, 7) is 1.12. The van der Waals surface area contributed by atoms with Gasteiger partial charge in [0.25, 0.3) is 10.2 Å². The molecule has 1 rings (SSSR count). The minimum Gasteiger partial charge on any atom is -0.330 e. The molecule has 0 saturated carbocycles. The summed E-state index contributed by atoms with van der Waals surface area (Å²) in [6.07, 6.45) is 3.86. The number of aromatic nitrogens is 2. The lowest BCUT2D eigenvalue weighted by Crippen LogP contribution is -2.38. The summed E-state index contributed by atoms with van der Waals surface area (Å²) in [5.41, 5.74) is 6.10. The van der Waals surface area contributed by atoms with E-state index in [2.05, 4.69) is 14.9 Å². The van der Waals surface area contributed by atoms with Crippen molar-refractivity contribution in [1.29, 1.82) is 0 Å². The highest BCUT2D eigenvalue weighted by Crippen LogP contribution is 1.98. The molecule has 92 valence electrons. The van der Waals surface area contributed by atoms with E-state index in [0.29, 0.717) is 19.5 Å². The van der Waals surface area contributed by atoms with Gasteiger partial charge in [-0.2, -0.15) is 22.5 Å². The molecule has 0 aliphatic heterocycles. The molecule has 1 aromatic rings. The summed E-state index contributed by atoms with van der Waals surface area (Å²) in [6, 6.07) is 0. The second-order valence-corrected chi connectivity index (χ2v) is 5.26. The Morgan fingerprint density at radius 3 is 2.94 bits per heavy atom. The number of nitrogens with one attached hydrogen (secondary N) is 2. The first kappa shape index (κ1) is 13.1. The van der Waals surface area contributed by atoms with E-state index in [1.165, 1.54) is 11.4 Å². The van der Waals surface area contributed by atoms with Gasteiger partial charge in [-0.3, -0.25) is 5.10 Å². The first-order valence-electron chi connectivity index (χ1n) is 4.95. The average molecular weight is 247 g/mol. The molecule has 0 saturated heterocycles. The van der Waals surface area contributed by atoms with Crippen molar-refractivity contribution in [2.75, 3.05) is 20.1 Å². The fourth-order valence-corrected chi connectivity index (χ4v) is 2.03. The Morgan fingerprint density at radius 2 is 2.38 bits per heavy atom. The maximum absolute atomic E-state index is 11.7. The van der Waals surface area contributed by atoms with Crippen molar-refractivity contribution in [2.24, 2.45) is 5.73 Å². The highest BCUT2D eigenvalue weighted by Gasteiger charge is 2.16. The third-order valence-corrected chi connectivity index (χ3v) is 3.61. The largest absolute Gasteiger partial charge is 0.330 e. The molecule has 0 aromatic carbocycles. The van der Waals surface area contributed by atoms with Crippen LogP contribution in [0.1, 0.15) is 12.0 Å². The highest BCUT2D eigenvalue weighted by atomic mass is 32.2. The molecule has 0 bridgehead atoms. The van der Waals surface area contributed by atoms with Gasteiger partial charge in [0, 0.05) is 31.9 Å². The summed E-state index contributed by atoms with van der Waals surface area (Å²) in [5, 5.41) is 6.34. The van der Waals surface area contributed by atoms with Crippen LogP contribution in [-0.2, 0) is 16.8 Å². The molecule has 4 N–H and O–H groups in total. The number of nitrogens with two attached hydrogens (primary N) is 1. The van der Waals surface area contributed by atoms with Gasteiger partial charge >= 0.3 is 0 Å². The van der Waals surface area contributed by atoms with Crippen LogP contribution in [-0.4, -0.2) is 43.1 Å². The van der Waals surface area contributed by atoms with E-state index in [4.69, 9.17) is 5.73 Å². The number of hydrogen-bond acceptors (Lipinski definition) is 4. The Bertz CT molecular complexity index is 389. The number of rotatable bonds is 7. The van der Waals surface area contributed by atoms with Gasteiger partial charge in [-0.05, 0) is 13.0 Å². The summed E-state index contributed by atoms with van der Waals surface area (Å²) < 4.78 is 27.1. The first-order valence-corrected chi connectivity index (χ1v) is 6.39. The molecule has 0 fully saturated rings. The standard InChI is InChI=1S/C8H17N5O2S/c1-13(4-2-3-9)16(14,15)12-7-8-5-10-11-6-8/h5-6,12H,2-4,7,9H2,1H3,(H,10,11). The van der Waals surface area contributed by atoms with Crippen molar-refractivity contribution in [2.45, 2.75) is 13.0 Å². The predicted molar refractivity (Wildman–Crippen MR) is 60.6 cm³/mol. The first-order chi connectivity index (χ1) is 7.56. The van der Waals surface area contributed by atoms with Crippen LogP contribution in [0.4, 0.5) is 0 Å². The quantitative estimate of drug-likeness (QED) is 0.576. The summed E-state index contributed by atoms with van der Waals surface area (Å²) in [5.74, 6) is 0. The maximum atomic E-state index is 11.7. The van der Waals surface area contributed by atoms with Crippen molar-refractivity contribution < 1.29 is 8.42 Å². The van der Waals surface area contributed by atoms with E-state index in [-0.39, 0.29) is 6.54 Å². The second-order valence-electron chi connectivity index (χ2n) is 3.40. The number of H-pyrrole nitrogens is 1. The van der Waals surface area contributed by atoms with Gasteiger partial charge in [-0.25, -0.2) is 0 Å². The van der Waals surface area contributed by atoms with E-state index in [1.54, 1.807) is 12.4 Å². The van der Waals surface area contributed by atoms with E-state index in [1.807, 2.05) is 0 Å². The molecule has 8 heteroatoms. The molecule has 0 aliphatic rings. The van der Waals surface area contributed by atoms with Crippen LogP contribution in [0.15, 0.2) is 12.4 Å². The van der Waals surface area contributed by atoms with E-state index in [9.17, 15) is 8.42 Å². The SMILES string of the molecule is CN(CCCN)S(=O)(=O)NCc1cn[nH]c1. The van der Waals surface area contributed by atoms with Gasteiger partial charge in [-0.15, -0.1) is 0 Å². The topological polar surface area (TPSA) is 104 Å². The van der Waals surface area contributed by atoms with Crippen molar-refractivity contribution >= 4 is 10.2 Å². The Morgan fingerprint density at radius 1 is 1.62 bits per heavy atom. The molecule has 0 spiro atoms.